The van der Waals surface area contributed by atoms with Crippen molar-refractivity contribution < 1.29 is 15.8 Å². The first-order valence-electron chi connectivity index (χ1n) is 13.3. The predicted octanol–water partition coefficient (Wildman–Crippen LogP) is 1.95. The Morgan fingerprint density at radius 2 is 1.96 bits per heavy atom. The summed E-state index contributed by atoms with van der Waals surface area (Å²) in [5.41, 5.74) is 0.400. The zero-order valence-electron chi connectivity index (χ0n) is 24.2. The van der Waals surface area contributed by atoms with E-state index in [0.717, 1.165) is 0 Å². The fraction of sp³-hybridized carbons (Fsp3) is 0.571. The minimum atomic E-state index is -3.26. The first-order valence-corrected chi connectivity index (χ1v) is 9.66. The summed E-state index contributed by atoms with van der Waals surface area (Å²) in [4.78, 5) is 14.5. The third kappa shape index (κ3) is 5.19. The summed E-state index contributed by atoms with van der Waals surface area (Å²) in [5, 5.41) is 9.27. The maximum absolute atomic E-state index is 13.9. The van der Waals surface area contributed by atoms with Gasteiger partial charge in [0.1, 0.15) is 0 Å². The quantitative estimate of drug-likeness (QED) is 0.665. The van der Waals surface area contributed by atoms with Gasteiger partial charge in [-0.3, -0.25) is 10.1 Å². The molecular weight excluding hydrogens is 374 g/mol. The van der Waals surface area contributed by atoms with Crippen LogP contribution in [-0.4, -0.2) is 67.0 Å². The zero-order valence-corrected chi connectivity index (χ0v) is 17.0. The van der Waals surface area contributed by atoms with Crippen LogP contribution in [0.25, 0.3) is 0 Å². The van der Waals surface area contributed by atoms with Gasteiger partial charge in [-0.2, -0.15) is 0 Å². The van der Waals surface area contributed by atoms with Gasteiger partial charge in [-0.05, 0) is 24.6 Å². The molecule has 28 heavy (non-hydrogen) atoms. The van der Waals surface area contributed by atoms with Gasteiger partial charge in [-0.25, -0.2) is 0 Å². The molecular formula is C21H32ClN5O. The molecule has 0 saturated carbocycles. The molecule has 2 aliphatic rings. The molecule has 2 heterocycles. The molecule has 154 valence electrons. The first kappa shape index (κ1) is 12.7. The third-order valence-corrected chi connectivity index (χ3v) is 4.78. The lowest BCUT2D eigenvalue weighted by Crippen LogP contribution is -2.54. The van der Waals surface area contributed by atoms with Crippen LogP contribution >= 0.6 is 11.6 Å². The highest BCUT2D eigenvalue weighted by Crippen LogP contribution is 2.22. The molecule has 1 saturated heterocycles. The number of benzene rings is 1. The first-order chi connectivity index (χ1) is 16.5. The fourth-order valence-corrected chi connectivity index (χ4v) is 3.03. The van der Waals surface area contributed by atoms with E-state index >= 15 is 0 Å². The summed E-state index contributed by atoms with van der Waals surface area (Å²) >= 11 is 5.99. The Morgan fingerprint density at radius 1 is 1.29 bits per heavy atom. The van der Waals surface area contributed by atoms with Gasteiger partial charge in [0, 0.05) is 61.5 Å². The number of nitrogens with one attached hydrogen (secondary N) is 3. The summed E-state index contributed by atoms with van der Waals surface area (Å²) < 4.78 is 69.6. The minimum Gasteiger partial charge on any atom is -0.377 e. The molecule has 7 heteroatoms. The van der Waals surface area contributed by atoms with Crippen LogP contribution < -0.4 is 16.0 Å². The van der Waals surface area contributed by atoms with Gasteiger partial charge in [0.2, 0.25) is 5.91 Å². The normalized spacial score (nSPS) is 32.8. The van der Waals surface area contributed by atoms with E-state index in [9.17, 15) is 4.79 Å². The molecule has 3 rings (SSSR count). The number of amides is 1. The van der Waals surface area contributed by atoms with Crippen molar-refractivity contribution in [2.45, 2.75) is 38.8 Å². The molecule has 0 aliphatic carbocycles. The molecule has 0 bridgehead atoms. The van der Waals surface area contributed by atoms with E-state index in [1.54, 1.807) is 31.2 Å². The molecule has 1 aromatic rings. The van der Waals surface area contributed by atoms with E-state index in [4.69, 9.17) is 22.6 Å². The van der Waals surface area contributed by atoms with Crippen LogP contribution in [-0.2, 0) is 4.79 Å². The molecule has 1 fully saturated rings. The second kappa shape index (κ2) is 9.63. The largest absolute Gasteiger partial charge is 0.377 e. The average Bonchev–Trinajstić information content (AvgIpc) is 2.75. The summed E-state index contributed by atoms with van der Waals surface area (Å²) in [6, 6.07) is 5.54. The summed E-state index contributed by atoms with van der Waals surface area (Å²) in [5.74, 6) is -2.22. The molecule has 1 amide bonds. The Bertz CT molecular complexity index is 977. The molecule has 0 unspecified atom stereocenters. The Hall–Kier alpha value is -1.76. The SMILES string of the molecule is [2H]C1([2H])N(C(=O)[C@H](CNC(C)C)c2ccc(Cl)cc2)C([2H])([2H])C([2H])([2H])N(C2=CNCN[C@H]2C)C1([2H])[2H]. The Balaban J connectivity index is 2.15. The summed E-state index contributed by atoms with van der Waals surface area (Å²) in [6.07, 6.45) is 1.34. The zero-order chi connectivity index (χ0) is 27.3. The highest BCUT2D eigenvalue weighted by atomic mass is 35.5. The van der Waals surface area contributed by atoms with Crippen molar-refractivity contribution in [2.24, 2.45) is 0 Å². The van der Waals surface area contributed by atoms with Gasteiger partial charge >= 0.3 is 0 Å². The molecule has 2 atom stereocenters. The van der Waals surface area contributed by atoms with E-state index in [1.165, 1.54) is 6.20 Å². The van der Waals surface area contributed by atoms with E-state index in [1.807, 2.05) is 13.8 Å². The van der Waals surface area contributed by atoms with E-state index < -0.39 is 43.9 Å². The lowest BCUT2D eigenvalue weighted by molar-refractivity contribution is -0.134. The van der Waals surface area contributed by atoms with Crippen molar-refractivity contribution in [1.82, 2.24) is 25.8 Å². The van der Waals surface area contributed by atoms with Crippen molar-refractivity contribution in [3.05, 3.63) is 46.7 Å². The number of carbonyl (C=O) groups excluding carboxylic acids is 1. The van der Waals surface area contributed by atoms with Crippen LogP contribution in [0.5, 0.6) is 0 Å². The van der Waals surface area contributed by atoms with Crippen molar-refractivity contribution in [3.8, 4) is 0 Å². The Kier molecular flexibility index (Phi) is 4.38. The number of rotatable bonds is 6. The van der Waals surface area contributed by atoms with Crippen LogP contribution in [0.1, 0.15) is 43.2 Å². The van der Waals surface area contributed by atoms with Gasteiger partial charge in [-0.1, -0.05) is 37.6 Å². The lowest BCUT2D eigenvalue weighted by Gasteiger charge is -2.41. The number of hydrogen-bond acceptors (Lipinski definition) is 5. The second-order valence-electron chi connectivity index (χ2n) is 7.00. The number of nitrogens with zero attached hydrogens (tertiary/aromatic N) is 2. The second-order valence-corrected chi connectivity index (χ2v) is 7.44. The van der Waals surface area contributed by atoms with E-state index in [2.05, 4.69) is 16.0 Å². The number of piperazine rings is 1. The van der Waals surface area contributed by atoms with Gasteiger partial charge < -0.3 is 20.4 Å². The van der Waals surface area contributed by atoms with Crippen molar-refractivity contribution in [1.29, 1.82) is 0 Å². The third-order valence-electron chi connectivity index (χ3n) is 4.53. The van der Waals surface area contributed by atoms with Crippen molar-refractivity contribution >= 4 is 17.5 Å². The highest BCUT2D eigenvalue weighted by Gasteiger charge is 2.30. The lowest BCUT2D eigenvalue weighted by atomic mass is 9.96. The van der Waals surface area contributed by atoms with Crippen molar-refractivity contribution in [3.63, 3.8) is 0 Å². The molecule has 0 radical (unpaired) electrons. The number of halogens is 1. The summed E-state index contributed by atoms with van der Waals surface area (Å²) in [7, 11) is 0. The van der Waals surface area contributed by atoms with Gasteiger partial charge in [0.15, 0.2) is 0 Å². The molecule has 0 aromatic heterocycles. The molecule has 1 aromatic carbocycles. The summed E-state index contributed by atoms with van der Waals surface area (Å²) in [6.45, 7) is -7.18. The standard InChI is InChI=1S/C21H32ClN5O/c1-15(2)24-12-19(17-4-6-18(22)7-5-17)21(28)27-10-8-26(9-11-27)20-13-23-14-25-16(20)3/h4-7,13,15-16,19,23-25H,8-12,14H2,1-3H3/t16-,19+/m0/s1/i8D2,9D2,10D2,11D2. The maximum atomic E-state index is 13.9. The molecule has 3 N–H and O–H groups in total. The van der Waals surface area contributed by atoms with Crippen LogP contribution in [0.3, 0.4) is 0 Å². The Labute approximate surface area is 184 Å². The topological polar surface area (TPSA) is 59.6 Å². The van der Waals surface area contributed by atoms with Crippen molar-refractivity contribution in [2.75, 3.05) is 39.2 Å². The van der Waals surface area contributed by atoms with E-state index in [-0.39, 0.29) is 23.2 Å². The van der Waals surface area contributed by atoms with Gasteiger partial charge in [-0.15, -0.1) is 0 Å². The van der Waals surface area contributed by atoms with Gasteiger partial charge in [0.05, 0.1) is 23.6 Å². The Morgan fingerprint density at radius 3 is 2.57 bits per heavy atom. The monoisotopic (exact) mass is 413 g/mol. The van der Waals surface area contributed by atoms with Crippen LogP contribution in [0.2, 0.25) is 5.02 Å². The predicted molar refractivity (Wildman–Crippen MR) is 114 cm³/mol. The van der Waals surface area contributed by atoms with E-state index in [0.29, 0.717) is 22.2 Å². The molecule has 0 spiro atoms. The smallest absolute Gasteiger partial charge is 0.231 e. The number of hydrogen-bond donors (Lipinski definition) is 3. The number of carbonyl (C=O) groups is 1. The average molecular weight is 414 g/mol. The minimum absolute atomic E-state index is 0.00741. The van der Waals surface area contributed by atoms with Crippen LogP contribution in [0.15, 0.2) is 36.2 Å². The van der Waals surface area contributed by atoms with Crippen LogP contribution in [0.4, 0.5) is 0 Å². The molecule has 6 nitrogen and oxygen atoms in total. The highest BCUT2D eigenvalue weighted by molar-refractivity contribution is 6.30. The van der Waals surface area contributed by atoms with Gasteiger partial charge in [0.25, 0.3) is 0 Å². The fourth-order valence-electron chi connectivity index (χ4n) is 2.90. The molecule has 2 aliphatic heterocycles. The van der Waals surface area contributed by atoms with Crippen LogP contribution in [0, 0.1) is 0 Å². The maximum Gasteiger partial charge on any atom is 0.231 e.